The normalized spacial score (nSPS) is 13.1. The molecule has 14 heavy (non-hydrogen) atoms. The van der Waals surface area contributed by atoms with E-state index in [1.54, 1.807) is 14.0 Å². The maximum Gasteiger partial charge on any atom is 0.230 e. The number of hydrogen-bond donors (Lipinski definition) is 1. The minimum atomic E-state index is 0.391. The largest absolute Gasteiger partial charge is 0.424 e. The van der Waals surface area contributed by atoms with Crippen molar-refractivity contribution in [2.24, 2.45) is 0 Å². The summed E-state index contributed by atoms with van der Waals surface area (Å²) in [5.74, 6) is 1.23. The van der Waals surface area contributed by atoms with Crippen molar-refractivity contribution < 1.29 is 9.15 Å². The van der Waals surface area contributed by atoms with Gasteiger partial charge in [0.15, 0.2) is 0 Å². The van der Waals surface area contributed by atoms with E-state index in [-0.39, 0.29) is 0 Å². The summed E-state index contributed by atoms with van der Waals surface area (Å²) >= 11 is 0. The first kappa shape index (κ1) is 11.1. The highest BCUT2D eigenvalue weighted by molar-refractivity contribution is 4.78. The molecule has 1 unspecified atom stereocenters. The van der Waals surface area contributed by atoms with E-state index in [0.29, 0.717) is 24.4 Å². The molecule has 0 bridgehead atoms. The van der Waals surface area contributed by atoms with Crippen LogP contribution in [0.5, 0.6) is 0 Å². The second-order valence-corrected chi connectivity index (χ2v) is 3.28. The van der Waals surface area contributed by atoms with Crippen LogP contribution in [-0.4, -0.2) is 30.0 Å². The van der Waals surface area contributed by atoms with Crippen molar-refractivity contribution in [1.82, 2.24) is 15.5 Å². The first-order chi connectivity index (χ1) is 6.72. The summed E-state index contributed by atoms with van der Waals surface area (Å²) in [6, 6.07) is 0.391. The summed E-state index contributed by atoms with van der Waals surface area (Å²) in [6.45, 7) is 5.26. The molecule has 0 amide bonds. The molecule has 1 aromatic heterocycles. The van der Waals surface area contributed by atoms with Crippen molar-refractivity contribution in [3.05, 3.63) is 11.8 Å². The van der Waals surface area contributed by atoms with Gasteiger partial charge in [-0.15, -0.1) is 10.2 Å². The first-order valence-electron chi connectivity index (χ1n) is 4.73. The van der Waals surface area contributed by atoms with Crippen molar-refractivity contribution in [3.63, 3.8) is 0 Å². The molecule has 0 aliphatic heterocycles. The minimum absolute atomic E-state index is 0.391. The average molecular weight is 199 g/mol. The number of rotatable bonds is 6. The zero-order valence-electron chi connectivity index (χ0n) is 8.91. The Hall–Kier alpha value is -0.940. The molecule has 0 saturated heterocycles. The Kier molecular flexibility index (Phi) is 4.55. The molecule has 0 spiro atoms. The van der Waals surface area contributed by atoms with Crippen LogP contribution in [0.1, 0.15) is 25.1 Å². The lowest BCUT2D eigenvalue weighted by molar-refractivity contribution is 0.184. The molecule has 1 heterocycles. The van der Waals surface area contributed by atoms with Crippen LogP contribution >= 0.6 is 0 Å². The molecule has 1 atom stereocenters. The van der Waals surface area contributed by atoms with Gasteiger partial charge in [-0.05, 0) is 13.3 Å². The van der Waals surface area contributed by atoms with Crippen molar-refractivity contribution in [1.29, 1.82) is 0 Å². The lowest BCUT2D eigenvalue weighted by Gasteiger charge is -2.10. The summed E-state index contributed by atoms with van der Waals surface area (Å²) in [7, 11) is 1.70. The second-order valence-electron chi connectivity index (χ2n) is 3.28. The molecule has 80 valence electrons. The molecule has 5 nitrogen and oxygen atoms in total. The SMILES string of the molecule is COCCC(C)NCc1nnc(C)o1. The van der Waals surface area contributed by atoms with Crippen LogP contribution in [0, 0.1) is 6.92 Å². The van der Waals surface area contributed by atoms with E-state index in [4.69, 9.17) is 9.15 Å². The molecule has 1 N–H and O–H groups in total. The topological polar surface area (TPSA) is 60.2 Å². The number of nitrogens with one attached hydrogen (secondary N) is 1. The number of methoxy groups -OCH3 is 1. The third-order valence-corrected chi connectivity index (χ3v) is 1.92. The summed E-state index contributed by atoms with van der Waals surface area (Å²) in [5.41, 5.74) is 0. The second kappa shape index (κ2) is 5.72. The van der Waals surface area contributed by atoms with Gasteiger partial charge in [0.2, 0.25) is 11.8 Å². The Bertz CT molecular complexity index is 262. The highest BCUT2D eigenvalue weighted by Gasteiger charge is 2.05. The zero-order chi connectivity index (χ0) is 10.4. The van der Waals surface area contributed by atoms with Gasteiger partial charge in [0.05, 0.1) is 6.54 Å². The summed E-state index contributed by atoms with van der Waals surface area (Å²) in [5, 5.41) is 10.9. The van der Waals surface area contributed by atoms with E-state index < -0.39 is 0 Å². The van der Waals surface area contributed by atoms with E-state index in [9.17, 15) is 0 Å². The van der Waals surface area contributed by atoms with Crippen LogP contribution in [-0.2, 0) is 11.3 Å². The Labute approximate surface area is 83.9 Å². The van der Waals surface area contributed by atoms with Crippen LogP contribution < -0.4 is 5.32 Å². The van der Waals surface area contributed by atoms with Gasteiger partial charge in [-0.3, -0.25) is 0 Å². The fourth-order valence-corrected chi connectivity index (χ4v) is 1.07. The average Bonchev–Trinajstić information content (AvgIpc) is 2.58. The molecule has 1 rings (SSSR count). The summed E-state index contributed by atoms with van der Waals surface area (Å²) in [4.78, 5) is 0. The highest BCUT2D eigenvalue weighted by Crippen LogP contribution is 1.98. The molecule has 0 aliphatic carbocycles. The summed E-state index contributed by atoms with van der Waals surface area (Å²) in [6.07, 6.45) is 0.976. The maximum atomic E-state index is 5.22. The highest BCUT2D eigenvalue weighted by atomic mass is 16.5. The van der Waals surface area contributed by atoms with E-state index in [2.05, 4.69) is 22.4 Å². The molecule has 0 aromatic carbocycles. The van der Waals surface area contributed by atoms with Crippen LogP contribution in [0.15, 0.2) is 4.42 Å². The number of ether oxygens (including phenoxy) is 1. The molecular weight excluding hydrogens is 182 g/mol. The van der Waals surface area contributed by atoms with Crippen LogP contribution in [0.3, 0.4) is 0 Å². The van der Waals surface area contributed by atoms with Crippen molar-refractivity contribution in [3.8, 4) is 0 Å². The van der Waals surface area contributed by atoms with Gasteiger partial charge < -0.3 is 14.5 Å². The Balaban J connectivity index is 2.20. The third kappa shape index (κ3) is 3.85. The van der Waals surface area contributed by atoms with Gasteiger partial charge in [-0.25, -0.2) is 0 Å². The monoisotopic (exact) mass is 199 g/mol. The number of aromatic nitrogens is 2. The number of nitrogens with zero attached hydrogens (tertiary/aromatic N) is 2. The van der Waals surface area contributed by atoms with E-state index in [0.717, 1.165) is 13.0 Å². The maximum absolute atomic E-state index is 5.22. The number of aryl methyl sites for hydroxylation is 1. The Morgan fingerprint density at radius 2 is 2.29 bits per heavy atom. The predicted octanol–water partition coefficient (Wildman–Crippen LogP) is 0.893. The van der Waals surface area contributed by atoms with Gasteiger partial charge in [0.1, 0.15) is 0 Å². The van der Waals surface area contributed by atoms with Gasteiger partial charge in [0.25, 0.3) is 0 Å². The van der Waals surface area contributed by atoms with E-state index >= 15 is 0 Å². The molecule has 1 aromatic rings. The van der Waals surface area contributed by atoms with E-state index in [1.807, 2.05) is 0 Å². The Morgan fingerprint density at radius 3 is 2.86 bits per heavy atom. The van der Waals surface area contributed by atoms with Crippen LogP contribution in [0.4, 0.5) is 0 Å². The predicted molar refractivity (Wildman–Crippen MR) is 51.8 cm³/mol. The fraction of sp³-hybridized carbons (Fsp3) is 0.778. The molecule has 0 aliphatic rings. The standard InChI is InChI=1S/C9H17N3O2/c1-7(4-5-13-3)10-6-9-12-11-8(2)14-9/h7,10H,4-6H2,1-3H3. The van der Waals surface area contributed by atoms with Crippen LogP contribution in [0.2, 0.25) is 0 Å². The lowest BCUT2D eigenvalue weighted by Crippen LogP contribution is -2.26. The fourth-order valence-electron chi connectivity index (χ4n) is 1.07. The van der Waals surface area contributed by atoms with Crippen molar-refractivity contribution in [2.45, 2.75) is 32.9 Å². The van der Waals surface area contributed by atoms with Crippen LogP contribution in [0.25, 0.3) is 0 Å². The first-order valence-corrected chi connectivity index (χ1v) is 4.73. The van der Waals surface area contributed by atoms with Gasteiger partial charge >= 0.3 is 0 Å². The van der Waals surface area contributed by atoms with Crippen molar-refractivity contribution in [2.75, 3.05) is 13.7 Å². The molecule has 0 saturated carbocycles. The molecule has 0 fully saturated rings. The zero-order valence-corrected chi connectivity index (χ0v) is 8.91. The Morgan fingerprint density at radius 1 is 1.50 bits per heavy atom. The quantitative estimate of drug-likeness (QED) is 0.737. The smallest absolute Gasteiger partial charge is 0.230 e. The van der Waals surface area contributed by atoms with Gasteiger partial charge in [-0.1, -0.05) is 0 Å². The van der Waals surface area contributed by atoms with Gasteiger partial charge in [-0.2, -0.15) is 0 Å². The summed E-state index contributed by atoms with van der Waals surface area (Å²) < 4.78 is 10.2. The van der Waals surface area contributed by atoms with E-state index in [1.165, 1.54) is 0 Å². The lowest BCUT2D eigenvalue weighted by atomic mass is 10.2. The molecular formula is C9H17N3O2. The third-order valence-electron chi connectivity index (χ3n) is 1.92. The van der Waals surface area contributed by atoms with Gasteiger partial charge in [0, 0.05) is 26.7 Å². The minimum Gasteiger partial charge on any atom is -0.424 e. The molecule has 5 heteroatoms. The van der Waals surface area contributed by atoms with Crippen molar-refractivity contribution >= 4 is 0 Å². The molecule has 0 radical (unpaired) electrons. The number of hydrogen-bond acceptors (Lipinski definition) is 5.